The van der Waals surface area contributed by atoms with Crippen LogP contribution >= 0.6 is 23.1 Å². The van der Waals surface area contributed by atoms with Crippen molar-refractivity contribution >= 4 is 46.2 Å². The Hall–Kier alpha value is -2.42. The summed E-state index contributed by atoms with van der Waals surface area (Å²) in [4.78, 5) is 39.1. The maximum absolute atomic E-state index is 12.4. The van der Waals surface area contributed by atoms with Gasteiger partial charge in [0.05, 0.1) is 17.6 Å². The Bertz CT molecular complexity index is 866. The predicted octanol–water partition coefficient (Wildman–Crippen LogP) is 2.89. The van der Waals surface area contributed by atoms with Gasteiger partial charge in [-0.2, -0.15) is 0 Å². The number of aliphatic hydroxyl groups excluding tert-OH is 1. The number of carbonyl (C=O) groups is 3. The van der Waals surface area contributed by atoms with Crippen molar-refractivity contribution in [1.29, 1.82) is 0 Å². The molecule has 146 valence electrons. The van der Waals surface area contributed by atoms with Gasteiger partial charge in [-0.15, -0.1) is 11.3 Å². The number of amides is 3. The summed E-state index contributed by atoms with van der Waals surface area (Å²) < 4.78 is 0. The molecule has 0 radical (unpaired) electrons. The van der Waals surface area contributed by atoms with E-state index in [9.17, 15) is 19.5 Å². The number of hydrogen-bond acceptors (Lipinski definition) is 6. The lowest BCUT2D eigenvalue weighted by atomic mass is 10.1. The Morgan fingerprint density at radius 3 is 2.64 bits per heavy atom. The number of rotatable bonds is 8. The lowest BCUT2D eigenvalue weighted by Gasteiger charge is -2.18. The lowest BCUT2D eigenvalue weighted by Crippen LogP contribution is -2.41. The van der Waals surface area contributed by atoms with Crippen molar-refractivity contribution in [2.24, 2.45) is 0 Å². The molecule has 28 heavy (non-hydrogen) atoms. The van der Waals surface area contributed by atoms with Crippen LogP contribution in [0.2, 0.25) is 0 Å². The van der Waals surface area contributed by atoms with E-state index in [1.54, 1.807) is 6.08 Å². The zero-order valence-electron chi connectivity index (χ0n) is 15.0. The summed E-state index contributed by atoms with van der Waals surface area (Å²) >= 11 is 2.37. The molecule has 1 unspecified atom stereocenters. The second-order valence-electron chi connectivity index (χ2n) is 6.24. The molecule has 1 saturated heterocycles. The van der Waals surface area contributed by atoms with Gasteiger partial charge in [0.15, 0.2) is 0 Å². The minimum atomic E-state index is -0.413. The molecule has 0 spiro atoms. The van der Waals surface area contributed by atoms with Crippen LogP contribution in [-0.2, 0) is 16.0 Å². The zero-order chi connectivity index (χ0) is 19.9. The van der Waals surface area contributed by atoms with Gasteiger partial charge in [0.25, 0.3) is 11.1 Å². The first-order chi connectivity index (χ1) is 13.6. The third kappa shape index (κ3) is 5.31. The molecule has 1 aromatic carbocycles. The molecule has 6 nitrogen and oxygen atoms in total. The number of imide groups is 1. The fraction of sp³-hybridized carbons (Fsp3) is 0.250. The summed E-state index contributed by atoms with van der Waals surface area (Å²) in [5.74, 6) is -0.685. The highest BCUT2D eigenvalue weighted by atomic mass is 32.2. The number of nitrogens with one attached hydrogen (secondary N) is 1. The first kappa shape index (κ1) is 20.3. The highest BCUT2D eigenvalue weighted by Crippen LogP contribution is 2.32. The lowest BCUT2D eigenvalue weighted by molar-refractivity contribution is -0.124. The van der Waals surface area contributed by atoms with Crippen LogP contribution in [-0.4, -0.2) is 46.3 Å². The molecule has 1 aromatic heterocycles. The van der Waals surface area contributed by atoms with E-state index in [-0.39, 0.29) is 36.6 Å². The van der Waals surface area contributed by atoms with E-state index in [2.05, 4.69) is 5.32 Å². The van der Waals surface area contributed by atoms with E-state index in [4.69, 9.17) is 0 Å². The van der Waals surface area contributed by atoms with Gasteiger partial charge < -0.3 is 10.4 Å². The van der Waals surface area contributed by atoms with E-state index < -0.39 is 6.04 Å². The molecule has 3 rings (SSSR count). The van der Waals surface area contributed by atoms with Crippen molar-refractivity contribution in [3.63, 3.8) is 0 Å². The van der Waals surface area contributed by atoms with Gasteiger partial charge in [0.1, 0.15) is 0 Å². The minimum absolute atomic E-state index is 0.00435. The van der Waals surface area contributed by atoms with Gasteiger partial charge in [-0.25, -0.2) is 0 Å². The second-order valence-corrected chi connectivity index (χ2v) is 8.21. The smallest absolute Gasteiger partial charge is 0.293 e. The highest BCUT2D eigenvalue weighted by molar-refractivity contribution is 8.18. The van der Waals surface area contributed by atoms with Crippen LogP contribution in [0.5, 0.6) is 0 Å². The number of aliphatic hydroxyl groups is 1. The SMILES string of the molecule is O=C(CCN1C(=O)S/C(=C\c2cccs2)C1=O)NC(CO)Cc1ccccc1. The third-order valence-electron chi connectivity index (χ3n) is 4.16. The third-order valence-corrected chi connectivity index (χ3v) is 5.89. The molecule has 0 aliphatic carbocycles. The first-order valence-corrected chi connectivity index (χ1v) is 10.5. The van der Waals surface area contributed by atoms with Crippen LogP contribution in [0.15, 0.2) is 52.7 Å². The van der Waals surface area contributed by atoms with Crippen molar-refractivity contribution in [3.05, 3.63) is 63.2 Å². The molecule has 0 saturated carbocycles. The van der Waals surface area contributed by atoms with Crippen LogP contribution < -0.4 is 5.32 Å². The zero-order valence-corrected chi connectivity index (χ0v) is 16.7. The van der Waals surface area contributed by atoms with Crippen LogP contribution in [0.4, 0.5) is 4.79 Å². The average molecular weight is 417 g/mol. The Balaban J connectivity index is 1.52. The molecule has 1 aliphatic heterocycles. The molecule has 0 bridgehead atoms. The maximum Gasteiger partial charge on any atom is 0.293 e. The summed E-state index contributed by atoms with van der Waals surface area (Å²) in [6.45, 7) is -0.173. The number of nitrogens with zero attached hydrogens (tertiary/aromatic N) is 1. The Kier molecular flexibility index (Phi) is 7.02. The van der Waals surface area contributed by atoms with Crippen LogP contribution in [0, 0.1) is 0 Å². The summed E-state index contributed by atoms with van der Waals surface area (Å²) in [7, 11) is 0. The van der Waals surface area contributed by atoms with Gasteiger partial charge in [-0.1, -0.05) is 36.4 Å². The van der Waals surface area contributed by atoms with E-state index in [1.165, 1.54) is 11.3 Å². The van der Waals surface area contributed by atoms with Crippen LogP contribution in [0.25, 0.3) is 6.08 Å². The molecule has 3 amide bonds. The summed E-state index contributed by atoms with van der Waals surface area (Å²) in [5.41, 5.74) is 1.01. The van der Waals surface area contributed by atoms with Gasteiger partial charge in [0, 0.05) is 17.8 Å². The number of thioether (sulfide) groups is 1. The van der Waals surface area contributed by atoms with Crippen molar-refractivity contribution in [2.75, 3.05) is 13.2 Å². The predicted molar refractivity (Wildman–Crippen MR) is 111 cm³/mol. The molecule has 8 heteroatoms. The van der Waals surface area contributed by atoms with E-state index in [1.807, 2.05) is 47.8 Å². The van der Waals surface area contributed by atoms with Gasteiger partial charge in [-0.3, -0.25) is 19.3 Å². The van der Waals surface area contributed by atoms with E-state index in [0.29, 0.717) is 11.3 Å². The number of benzene rings is 1. The van der Waals surface area contributed by atoms with Crippen molar-refractivity contribution in [2.45, 2.75) is 18.9 Å². The summed E-state index contributed by atoms with van der Waals surface area (Å²) in [6, 6.07) is 12.9. The largest absolute Gasteiger partial charge is 0.394 e. The molecular weight excluding hydrogens is 396 g/mol. The number of carbonyl (C=O) groups excluding carboxylic acids is 3. The van der Waals surface area contributed by atoms with E-state index >= 15 is 0 Å². The quantitative estimate of drug-likeness (QED) is 0.646. The maximum atomic E-state index is 12.4. The van der Waals surface area contributed by atoms with Crippen LogP contribution in [0.1, 0.15) is 16.9 Å². The summed E-state index contributed by atoms with van der Waals surface area (Å²) in [6.07, 6.45) is 2.20. The van der Waals surface area contributed by atoms with Crippen molar-refractivity contribution in [3.8, 4) is 0 Å². The molecule has 1 aliphatic rings. The molecule has 2 aromatic rings. The van der Waals surface area contributed by atoms with Gasteiger partial charge in [-0.05, 0) is 41.3 Å². The second kappa shape index (κ2) is 9.68. The molecular formula is C20H20N2O4S2. The highest BCUT2D eigenvalue weighted by Gasteiger charge is 2.35. The molecule has 1 atom stereocenters. The topological polar surface area (TPSA) is 86.7 Å². The monoisotopic (exact) mass is 416 g/mol. The van der Waals surface area contributed by atoms with Crippen molar-refractivity contribution in [1.82, 2.24) is 10.2 Å². The molecule has 2 heterocycles. The molecule has 2 N–H and O–H groups in total. The van der Waals surface area contributed by atoms with E-state index in [0.717, 1.165) is 27.1 Å². The average Bonchev–Trinajstić information content (AvgIpc) is 3.29. The standard InChI is InChI=1S/C20H20N2O4S2/c23-13-15(11-14-5-2-1-3-6-14)21-18(24)8-9-22-19(25)17(28-20(22)26)12-16-7-4-10-27-16/h1-7,10,12,15,23H,8-9,11,13H2,(H,21,24)/b17-12-. The fourth-order valence-electron chi connectivity index (χ4n) is 2.77. The number of thiophene rings is 1. The Labute approximate surface area is 171 Å². The Morgan fingerprint density at radius 2 is 1.96 bits per heavy atom. The van der Waals surface area contributed by atoms with Crippen LogP contribution in [0.3, 0.4) is 0 Å². The molecule has 1 fully saturated rings. The fourth-order valence-corrected chi connectivity index (χ4v) is 4.36. The number of hydrogen-bond donors (Lipinski definition) is 2. The Morgan fingerprint density at radius 1 is 1.18 bits per heavy atom. The van der Waals surface area contributed by atoms with Gasteiger partial charge in [0.2, 0.25) is 5.91 Å². The van der Waals surface area contributed by atoms with Gasteiger partial charge >= 0.3 is 0 Å². The minimum Gasteiger partial charge on any atom is -0.394 e. The normalized spacial score (nSPS) is 16.6. The van der Waals surface area contributed by atoms with Crippen molar-refractivity contribution < 1.29 is 19.5 Å². The summed E-state index contributed by atoms with van der Waals surface area (Å²) in [5, 5.41) is 13.8. The first-order valence-electron chi connectivity index (χ1n) is 8.80.